The van der Waals surface area contributed by atoms with Crippen molar-refractivity contribution in [2.75, 3.05) is 0 Å². The van der Waals surface area contributed by atoms with Crippen LogP contribution in [0.5, 0.6) is 0 Å². The standard InChI is InChI=1S/C15H17ClN2OS/c1-2-5-12(13-6-3-4-9-17-13)15(19)18-10-11-7-8-14(16)20-11/h3-4,6-9,12H,2,5,10H2,1H3,(H,18,19)/t12-/m0/s1. The first-order valence-electron chi connectivity index (χ1n) is 6.63. The van der Waals surface area contributed by atoms with Crippen LogP contribution >= 0.6 is 22.9 Å². The SMILES string of the molecule is CCC[C@H](C(=O)NCc1ccc(Cl)s1)c1ccccn1. The highest BCUT2D eigenvalue weighted by Crippen LogP contribution is 2.22. The number of hydrogen-bond acceptors (Lipinski definition) is 3. The quantitative estimate of drug-likeness (QED) is 0.876. The molecule has 2 aromatic rings. The zero-order valence-corrected chi connectivity index (χ0v) is 12.9. The lowest BCUT2D eigenvalue weighted by atomic mass is 9.98. The number of nitrogens with zero attached hydrogens (tertiary/aromatic N) is 1. The molecule has 0 aliphatic heterocycles. The molecule has 0 spiro atoms. The fourth-order valence-corrected chi connectivity index (χ4v) is 3.06. The average Bonchev–Trinajstić information content (AvgIpc) is 2.89. The number of nitrogens with one attached hydrogen (secondary N) is 1. The Hall–Kier alpha value is -1.39. The van der Waals surface area contributed by atoms with Gasteiger partial charge in [0.2, 0.25) is 5.91 Å². The molecule has 0 aliphatic carbocycles. The summed E-state index contributed by atoms with van der Waals surface area (Å²) >= 11 is 7.37. The maximum atomic E-state index is 12.3. The van der Waals surface area contributed by atoms with Crippen LogP contribution < -0.4 is 5.32 Å². The summed E-state index contributed by atoms with van der Waals surface area (Å²) in [6.45, 7) is 2.59. The topological polar surface area (TPSA) is 42.0 Å². The van der Waals surface area contributed by atoms with Gasteiger partial charge in [0.25, 0.3) is 0 Å². The van der Waals surface area contributed by atoms with Crippen LogP contribution in [0.1, 0.15) is 36.3 Å². The lowest BCUT2D eigenvalue weighted by molar-refractivity contribution is -0.123. The summed E-state index contributed by atoms with van der Waals surface area (Å²) in [6.07, 6.45) is 3.47. The molecule has 2 rings (SSSR count). The lowest BCUT2D eigenvalue weighted by Crippen LogP contribution is -2.29. The number of pyridine rings is 1. The van der Waals surface area contributed by atoms with E-state index in [9.17, 15) is 4.79 Å². The number of halogens is 1. The highest BCUT2D eigenvalue weighted by molar-refractivity contribution is 7.16. The van der Waals surface area contributed by atoms with Crippen molar-refractivity contribution < 1.29 is 4.79 Å². The van der Waals surface area contributed by atoms with Gasteiger partial charge in [0, 0.05) is 11.1 Å². The smallest absolute Gasteiger partial charge is 0.229 e. The highest BCUT2D eigenvalue weighted by atomic mass is 35.5. The molecule has 1 N–H and O–H groups in total. The van der Waals surface area contributed by atoms with E-state index in [1.54, 1.807) is 6.20 Å². The monoisotopic (exact) mass is 308 g/mol. The average molecular weight is 309 g/mol. The first kappa shape index (κ1) is 15.0. The third-order valence-electron chi connectivity index (χ3n) is 3.00. The van der Waals surface area contributed by atoms with Crippen LogP contribution in [0.4, 0.5) is 0 Å². The van der Waals surface area contributed by atoms with Crippen molar-refractivity contribution in [3.05, 3.63) is 51.4 Å². The number of hydrogen-bond donors (Lipinski definition) is 1. The molecule has 0 unspecified atom stereocenters. The maximum absolute atomic E-state index is 12.3. The Morgan fingerprint density at radius 2 is 2.25 bits per heavy atom. The Kier molecular flexibility index (Phi) is 5.56. The van der Waals surface area contributed by atoms with Crippen molar-refractivity contribution in [2.24, 2.45) is 0 Å². The maximum Gasteiger partial charge on any atom is 0.229 e. The number of carbonyl (C=O) groups is 1. The minimum absolute atomic E-state index is 0.0232. The number of carbonyl (C=O) groups excluding carboxylic acids is 1. The molecule has 0 fully saturated rings. The summed E-state index contributed by atoms with van der Waals surface area (Å²) in [6, 6.07) is 9.45. The Morgan fingerprint density at radius 1 is 1.40 bits per heavy atom. The van der Waals surface area contributed by atoms with Crippen LogP contribution in [0.2, 0.25) is 4.34 Å². The summed E-state index contributed by atoms with van der Waals surface area (Å²) < 4.78 is 0.740. The van der Waals surface area contributed by atoms with Crippen molar-refractivity contribution in [1.82, 2.24) is 10.3 Å². The van der Waals surface area contributed by atoms with Gasteiger partial charge in [0.15, 0.2) is 0 Å². The molecule has 106 valence electrons. The van der Waals surface area contributed by atoms with Crippen LogP contribution in [0.25, 0.3) is 0 Å². The van der Waals surface area contributed by atoms with E-state index in [0.717, 1.165) is 27.7 Å². The Balaban J connectivity index is 2.00. The van der Waals surface area contributed by atoms with E-state index in [4.69, 9.17) is 11.6 Å². The first-order chi connectivity index (χ1) is 9.70. The molecule has 0 saturated heterocycles. The van der Waals surface area contributed by atoms with Gasteiger partial charge in [0.05, 0.1) is 22.5 Å². The predicted molar refractivity (Wildman–Crippen MR) is 83.1 cm³/mol. The Bertz CT molecular complexity index is 556. The van der Waals surface area contributed by atoms with Crippen molar-refractivity contribution in [3.63, 3.8) is 0 Å². The highest BCUT2D eigenvalue weighted by Gasteiger charge is 2.20. The molecule has 0 saturated carbocycles. The number of rotatable bonds is 6. The zero-order valence-electron chi connectivity index (χ0n) is 11.3. The normalized spacial score (nSPS) is 12.1. The molecule has 1 atom stereocenters. The predicted octanol–water partition coefficient (Wildman–Crippen LogP) is 4.00. The van der Waals surface area contributed by atoms with Gasteiger partial charge >= 0.3 is 0 Å². The van der Waals surface area contributed by atoms with Gasteiger partial charge in [-0.2, -0.15) is 0 Å². The summed E-state index contributed by atoms with van der Waals surface area (Å²) in [4.78, 5) is 17.7. The fraction of sp³-hybridized carbons (Fsp3) is 0.333. The Morgan fingerprint density at radius 3 is 2.85 bits per heavy atom. The van der Waals surface area contributed by atoms with E-state index < -0.39 is 0 Å². The number of thiophene rings is 1. The molecule has 2 aromatic heterocycles. The van der Waals surface area contributed by atoms with Crippen molar-refractivity contribution >= 4 is 28.8 Å². The van der Waals surface area contributed by atoms with Crippen LogP contribution in [0, 0.1) is 0 Å². The van der Waals surface area contributed by atoms with Gasteiger partial charge < -0.3 is 5.32 Å². The first-order valence-corrected chi connectivity index (χ1v) is 7.83. The molecule has 0 aliphatic rings. The van der Waals surface area contributed by atoms with E-state index in [1.807, 2.05) is 30.3 Å². The van der Waals surface area contributed by atoms with Crippen LogP contribution in [-0.2, 0) is 11.3 Å². The van der Waals surface area contributed by atoms with E-state index in [-0.39, 0.29) is 11.8 Å². The molecule has 0 radical (unpaired) electrons. The van der Waals surface area contributed by atoms with E-state index in [1.165, 1.54) is 11.3 Å². The number of amides is 1. The van der Waals surface area contributed by atoms with E-state index >= 15 is 0 Å². The molecule has 1 amide bonds. The van der Waals surface area contributed by atoms with Crippen LogP contribution in [0.3, 0.4) is 0 Å². The van der Waals surface area contributed by atoms with Crippen molar-refractivity contribution in [3.8, 4) is 0 Å². The summed E-state index contributed by atoms with van der Waals surface area (Å²) in [5.74, 6) is -0.160. The van der Waals surface area contributed by atoms with Crippen LogP contribution in [0.15, 0.2) is 36.5 Å². The molecule has 3 nitrogen and oxygen atoms in total. The fourth-order valence-electron chi connectivity index (χ4n) is 2.03. The van der Waals surface area contributed by atoms with E-state index in [0.29, 0.717) is 6.54 Å². The lowest BCUT2D eigenvalue weighted by Gasteiger charge is -2.15. The third kappa shape index (κ3) is 4.05. The molecule has 0 aromatic carbocycles. The Labute approximate surface area is 128 Å². The molecule has 20 heavy (non-hydrogen) atoms. The largest absolute Gasteiger partial charge is 0.351 e. The molecular weight excluding hydrogens is 292 g/mol. The molecule has 5 heteroatoms. The summed E-state index contributed by atoms with van der Waals surface area (Å²) in [5, 5.41) is 2.97. The minimum atomic E-state index is -0.184. The van der Waals surface area contributed by atoms with Gasteiger partial charge in [-0.3, -0.25) is 9.78 Å². The third-order valence-corrected chi connectivity index (χ3v) is 4.24. The molecule has 2 heterocycles. The van der Waals surface area contributed by atoms with Gasteiger partial charge in [-0.1, -0.05) is 31.0 Å². The molecular formula is C15H17ClN2OS. The van der Waals surface area contributed by atoms with Gasteiger partial charge in [-0.25, -0.2) is 0 Å². The zero-order chi connectivity index (χ0) is 14.4. The minimum Gasteiger partial charge on any atom is -0.351 e. The summed E-state index contributed by atoms with van der Waals surface area (Å²) in [7, 11) is 0. The van der Waals surface area contributed by atoms with Gasteiger partial charge in [-0.15, -0.1) is 11.3 Å². The second-order valence-electron chi connectivity index (χ2n) is 4.52. The van der Waals surface area contributed by atoms with Crippen LogP contribution in [-0.4, -0.2) is 10.9 Å². The van der Waals surface area contributed by atoms with E-state index in [2.05, 4.69) is 17.2 Å². The second-order valence-corrected chi connectivity index (χ2v) is 6.32. The van der Waals surface area contributed by atoms with Crippen molar-refractivity contribution in [2.45, 2.75) is 32.2 Å². The summed E-state index contributed by atoms with van der Waals surface area (Å²) in [5.41, 5.74) is 0.830. The van der Waals surface area contributed by atoms with Gasteiger partial charge in [-0.05, 0) is 30.7 Å². The second kappa shape index (κ2) is 7.41. The molecule has 0 bridgehead atoms. The van der Waals surface area contributed by atoms with Crippen molar-refractivity contribution in [1.29, 1.82) is 0 Å². The van der Waals surface area contributed by atoms with Gasteiger partial charge in [0.1, 0.15) is 0 Å². The number of aromatic nitrogens is 1.